The van der Waals surface area contributed by atoms with Gasteiger partial charge < -0.3 is 5.32 Å². The third-order valence-corrected chi connectivity index (χ3v) is 3.28. The molecule has 0 aliphatic heterocycles. The average molecular weight is 239 g/mol. The number of aryl methyl sites for hydroxylation is 2. The van der Waals surface area contributed by atoms with Crippen LogP contribution in [0.25, 0.3) is 0 Å². The number of aromatic nitrogens is 2. The van der Waals surface area contributed by atoms with Crippen LogP contribution in [0.2, 0.25) is 0 Å². The Morgan fingerprint density at radius 3 is 2.62 bits per heavy atom. The molecule has 0 fully saturated rings. The quantitative estimate of drug-likeness (QED) is 0.820. The Labute approximate surface area is 102 Å². The number of hydrogen-bond donors (Lipinski definition) is 1. The topological polar surface area (TPSA) is 37.8 Å². The molecule has 0 aromatic carbocycles. The largest absolute Gasteiger partial charge is 0.368 e. The van der Waals surface area contributed by atoms with Gasteiger partial charge in [0, 0.05) is 23.2 Å². The summed E-state index contributed by atoms with van der Waals surface area (Å²) < 4.78 is 0.328. The molecular weight excluding hydrogens is 218 g/mol. The average Bonchev–Trinajstić information content (AvgIpc) is 2.16. The minimum atomic E-state index is 0.328. The Kier molecular flexibility index (Phi) is 4.59. The predicted octanol–water partition coefficient (Wildman–Crippen LogP) is 3.04. The lowest BCUT2D eigenvalue weighted by Gasteiger charge is -2.17. The Morgan fingerprint density at radius 1 is 1.31 bits per heavy atom. The van der Waals surface area contributed by atoms with Gasteiger partial charge in [0.25, 0.3) is 0 Å². The maximum Gasteiger partial charge on any atom is 0.147 e. The highest BCUT2D eigenvalue weighted by atomic mass is 32.2. The third kappa shape index (κ3) is 4.84. The van der Waals surface area contributed by atoms with Crippen molar-refractivity contribution in [2.75, 3.05) is 17.6 Å². The van der Waals surface area contributed by atoms with E-state index in [1.165, 1.54) is 0 Å². The van der Waals surface area contributed by atoms with Crippen molar-refractivity contribution >= 4 is 17.6 Å². The van der Waals surface area contributed by atoms with Crippen LogP contribution in [0.4, 0.5) is 5.82 Å². The van der Waals surface area contributed by atoms with E-state index < -0.39 is 0 Å². The molecule has 4 heteroatoms. The number of thioether (sulfide) groups is 1. The minimum absolute atomic E-state index is 0.328. The van der Waals surface area contributed by atoms with Crippen molar-refractivity contribution in [2.45, 2.75) is 39.4 Å². The molecule has 0 saturated carbocycles. The van der Waals surface area contributed by atoms with E-state index >= 15 is 0 Å². The summed E-state index contributed by atoms with van der Waals surface area (Å²) in [5.41, 5.74) is 1.92. The summed E-state index contributed by atoms with van der Waals surface area (Å²) in [7, 11) is 0. The van der Waals surface area contributed by atoms with Crippen molar-refractivity contribution in [3.05, 3.63) is 17.6 Å². The SMILES string of the molecule is Cc1cnc(C)c(NCCSC(C)(C)C)n1. The lowest BCUT2D eigenvalue weighted by atomic mass is 10.3. The summed E-state index contributed by atoms with van der Waals surface area (Å²) in [6.45, 7) is 11.6. The van der Waals surface area contributed by atoms with Crippen molar-refractivity contribution in [3.63, 3.8) is 0 Å². The number of nitrogens with zero attached hydrogens (tertiary/aromatic N) is 2. The lowest BCUT2D eigenvalue weighted by Crippen LogP contribution is -2.14. The van der Waals surface area contributed by atoms with E-state index in [1.54, 1.807) is 6.20 Å². The Balaban J connectivity index is 2.40. The normalized spacial score (nSPS) is 11.6. The highest BCUT2D eigenvalue weighted by molar-refractivity contribution is 8.00. The van der Waals surface area contributed by atoms with Gasteiger partial charge in [-0.3, -0.25) is 4.98 Å². The van der Waals surface area contributed by atoms with Crippen molar-refractivity contribution in [3.8, 4) is 0 Å². The summed E-state index contributed by atoms with van der Waals surface area (Å²) in [5, 5.41) is 3.33. The minimum Gasteiger partial charge on any atom is -0.368 e. The number of anilines is 1. The molecule has 0 radical (unpaired) electrons. The zero-order valence-electron chi connectivity index (χ0n) is 10.8. The van der Waals surface area contributed by atoms with Crippen molar-refractivity contribution in [1.82, 2.24) is 9.97 Å². The number of hydrogen-bond acceptors (Lipinski definition) is 4. The maximum absolute atomic E-state index is 4.42. The first kappa shape index (κ1) is 13.3. The first-order valence-corrected chi connectivity index (χ1v) is 6.55. The zero-order valence-corrected chi connectivity index (χ0v) is 11.6. The van der Waals surface area contributed by atoms with Crippen LogP contribution in [-0.4, -0.2) is 27.0 Å². The van der Waals surface area contributed by atoms with Crippen molar-refractivity contribution in [1.29, 1.82) is 0 Å². The molecular formula is C12H21N3S. The molecule has 0 saturated heterocycles. The summed E-state index contributed by atoms with van der Waals surface area (Å²) >= 11 is 1.95. The van der Waals surface area contributed by atoms with Crippen LogP contribution in [-0.2, 0) is 0 Å². The second-order valence-corrected chi connectivity index (χ2v) is 6.75. The van der Waals surface area contributed by atoms with Crippen molar-refractivity contribution in [2.24, 2.45) is 0 Å². The van der Waals surface area contributed by atoms with Gasteiger partial charge in [-0.25, -0.2) is 4.98 Å². The molecule has 0 unspecified atom stereocenters. The molecule has 16 heavy (non-hydrogen) atoms. The molecule has 1 aromatic heterocycles. The van der Waals surface area contributed by atoms with Crippen LogP contribution in [0.5, 0.6) is 0 Å². The molecule has 0 aliphatic carbocycles. The van der Waals surface area contributed by atoms with Crippen LogP contribution in [0.3, 0.4) is 0 Å². The van der Waals surface area contributed by atoms with Gasteiger partial charge >= 0.3 is 0 Å². The molecule has 0 spiro atoms. The molecule has 0 atom stereocenters. The zero-order chi connectivity index (χ0) is 12.2. The van der Waals surface area contributed by atoms with Gasteiger partial charge in [-0.1, -0.05) is 20.8 Å². The van der Waals surface area contributed by atoms with Gasteiger partial charge in [-0.05, 0) is 13.8 Å². The summed E-state index contributed by atoms with van der Waals surface area (Å²) in [5.74, 6) is 1.99. The fourth-order valence-electron chi connectivity index (χ4n) is 1.23. The summed E-state index contributed by atoms with van der Waals surface area (Å²) in [4.78, 5) is 8.70. The van der Waals surface area contributed by atoms with Crippen LogP contribution in [0, 0.1) is 13.8 Å². The molecule has 90 valence electrons. The fraction of sp³-hybridized carbons (Fsp3) is 0.667. The first-order chi connectivity index (χ1) is 7.38. The van der Waals surface area contributed by atoms with Gasteiger partial charge in [-0.2, -0.15) is 11.8 Å². The van der Waals surface area contributed by atoms with Gasteiger partial charge in [0.05, 0.1) is 11.4 Å². The standard InChI is InChI=1S/C12H21N3S/c1-9-8-14-10(2)11(15-9)13-6-7-16-12(3,4)5/h8H,6-7H2,1-5H3,(H,13,15). The molecule has 1 rings (SSSR count). The fourth-order valence-corrected chi connectivity index (χ4v) is 2.05. The second-order valence-electron chi connectivity index (χ2n) is 4.83. The van der Waals surface area contributed by atoms with Gasteiger partial charge in [0.15, 0.2) is 0 Å². The molecule has 1 heterocycles. The van der Waals surface area contributed by atoms with Crippen molar-refractivity contribution < 1.29 is 0 Å². The van der Waals surface area contributed by atoms with Gasteiger partial charge in [-0.15, -0.1) is 0 Å². The Bertz CT molecular complexity index is 345. The second kappa shape index (κ2) is 5.53. The van der Waals surface area contributed by atoms with E-state index in [0.29, 0.717) is 4.75 Å². The number of nitrogens with one attached hydrogen (secondary N) is 1. The van der Waals surface area contributed by atoms with E-state index in [1.807, 2.05) is 25.6 Å². The van der Waals surface area contributed by atoms with E-state index in [0.717, 1.165) is 29.5 Å². The van der Waals surface area contributed by atoms with Crippen LogP contribution in [0.15, 0.2) is 6.20 Å². The van der Waals surface area contributed by atoms with Gasteiger partial charge in [0.1, 0.15) is 5.82 Å². The Hall–Kier alpha value is -0.770. The molecule has 0 amide bonds. The molecule has 0 bridgehead atoms. The molecule has 1 N–H and O–H groups in total. The third-order valence-electron chi connectivity index (χ3n) is 2.01. The Morgan fingerprint density at radius 2 is 2.00 bits per heavy atom. The van der Waals surface area contributed by atoms with E-state index in [2.05, 4.69) is 36.1 Å². The van der Waals surface area contributed by atoms with Crippen LogP contribution < -0.4 is 5.32 Å². The summed E-state index contributed by atoms with van der Waals surface area (Å²) in [6.07, 6.45) is 1.80. The predicted molar refractivity (Wildman–Crippen MR) is 72.2 cm³/mol. The maximum atomic E-state index is 4.42. The van der Waals surface area contributed by atoms with Gasteiger partial charge in [0.2, 0.25) is 0 Å². The molecule has 0 aliphatic rings. The van der Waals surface area contributed by atoms with E-state index in [-0.39, 0.29) is 0 Å². The van der Waals surface area contributed by atoms with Crippen LogP contribution in [0.1, 0.15) is 32.2 Å². The highest BCUT2D eigenvalue weighted by Crippen LogP contribution is 2.22. The molecule has 1 aromatic rings. The molecule has 3 nitrogen and oxygen atoms in total. The van der Waals surface area contributed by atoms with Crippen LogP contribution >= 0.6 is 11.8 Å². The number of rotatable bonds is 4. The first-order valence-electron chi connectivity index (χ1n) is 5.56. The lowest BCUT2D eigenvalue weighted by molar-refractivity contribution is 0.802. The van der Waals surface area contributed by atoms with E-state index in [9.17, 15) is 0 Å². The highest BCUT2D eigenvalue weighted by Gasteiger charge is 2.09. The van der Waals surface area contributed by atoms with E-state index in [4.69, 9.17) is 0 Å². The monoisotopic (exact) mass is 239 g/mol. The smallest absolute Gasteiger partial charge is 0.147 e. The summed E-state index contributed by atoms with van der Waals surface area (Å²) in [6, 6.07) is 0.